The van der Waals surface area contributed by atoms with Crippen LogP contribution in [0.1, 0.15) is 0 Å². The summed E-state index contributed by atoms with van der Waals surface area (Å²) < 4.78 is 0. The van der Waals surface area contributed by atoms with E-state index in [2.05, 4.69) is 24.3 Å². The van der Waals surface area contributed by atoms with Crippen LogP contribution < -0.4 is 0 Å². The van der Waals surface area contributed by atoms with Crippen LogP contribution in [0.2, 0.25) is 0 Å². The van der Waals surface area contributed by atoms with Gasteiger partial charge in [-0.15, -0.1) is 12.2 Å². The third kappa shape index (κ3) is 4.82. The fraction of sp³-hybridized carbons (Fsp3) is 0. The predicted octanol–water partition coefficient (Wildman–Crippen LogP) is 1.32. The molecule has 0 aliphatic carbocycles. The number of hydrogen-bond donors (Lipinski definition) is 0. The first kappa shape index (κ1) is 5.82. The average molecular weight is 89.1 g/mol. The highest BCUT2D eigenvalue weighted by Crippen LogP contribution is 1.66. The van der Waals surface area contributed by atoms with Gasteiger partial charge in [0, 0.05) is 6.08 Å². The number of allylic oxidation sites excluding steroid dienone is 3. The van der Waals surface area contributed by atoms with E-state index in [1.807, 2.05) is 0 Å². The van der Waals surface area contributed by atoms with Gasteiger partial charge < -0.3 is 0 Å². The Morgan fingerprint density at radius 2 is 2.14 bits per heavy atom. The number of terminal acetylenes is 1. The molecular formula is C7H5. The van der Waals surface area contributed by atoms with Crippen molar-refractivity contribution in [3.8, 4) is 12.3 Å². The fourth-order valence-corrected chi connectivity index (χ4v) is 0.149. The summed E-state index contributed by atoms with van der Waals surface area (Å²) in [4.78, 5) is 0. The van der Waals surface area contributed by atoms with Crippen LogP contribution in [0.4, 0.5) is 0 Å². The van der Waals surface area contributed by atoms with Crippen molar-refractivity contribution in [2.75, 3.05) is 0 Å². The minimum absolute atomic E-state index is 1.58. The molecule has 0 fully saturated rings. The van der Waals surface area contributed by atoms with Gasteiger partial charge in [-0.2, -0.15) is 0 Å². The lowest BCUT2D eigenvalue weighted by molar-refractivity contribution is 1.95. The monoisotopic (exact) mass is 89.0 g/mol. The lowest BCUT2D eigenvalue weighted by Crippen LogP contribution is -1.43. The molecule has 0 aromatic heterocycles. The highest BCUT2D eigenvalue weighted by molar-refractivity contribution is 5.08. The summed E-state index contributed by atoms with van der Waals surface area (Å²) in [5.41, 5.74) is 2.51. The van der Waals surface area contributed by atoms with E-state index in [-0.39, 0.29) is 0 Å². The molecule has 1 radical (unpaired) electrons. The maximum absolute atomic E-state index is 4.81. The Morgan fingerprint density at radius 1 is 1.43 bits per heavy atom. The number of rotatable bonds is 1. The molecule has 0 amide bonds. The maximum Gasteiger partial charge on any atom is 0.0405 e. The Morgan fingerprint density at radius 3 is 2.57 bits per heavy atom. The largest absolute Gasteiger partial charge is 0.129 e. The van der Waals surface area contributed by atoms with E-state index in [1.54, 1.807) is 12.2 Å². The molecule has 0 saturated heterocycles. The van der Waals surface area contributed by atoms with Gasteiger partial charge >= 0.3 is 0 Å². The molecule has 0 saturated carbocycles. The zero-order chi connectivity index (χ0) is 5.54. The van der Waals surface area contributed by atoms with E-state index in [9.17, 15) is 0 Å². The lowest BCUT2D eigenvalue weighted by Gasteiger charge is -1.56. The third-order valence-electron chi connectivity index (χ3n) is 0.368. The van der Waals surface area contributed by atoms with Crippen molar-refractivity contribution in [1.29, 1.82) is 0 Å². The van der Waals surface area contributed by atoms with Crippen LogP contribution in [0.25, 0.3) is 0 Å². The van der Waals surface area contributed by atoms with Crippen LogP contribution in [0, 0.1) is 18.4 Å². The van der Waals surface area contributed by atoms with Crippen LogP contribution in [0.5, 0.6) is 0 Å². The molecule has 33 valence electrons. The molecule has 0 N–H and O–H groups in total. The standard InChI is InChI=1S/C7H5/c1-3-5-7-6-4-2/h1,6-7H,2H2. The second-order valence-corrected chi connectivity index (χ2v) is 0.826. The summed E-state index contributed by atoms with van der Waals surface area (Å²) in [6, 6.07) is 0. The van der Waals surface area contributed by atoms with Gasteiger partial charge in [0.15, 0.2) is 0 Å². The van der Waals surface area contributed by atoms with Crippen molar-refractivity contribution >= 4 is 0 Å². The molecule has 0 spiro atoms. The Hall–Kier alpha value is -1.18. The Bertz CT molecular complexity index is 138. The molecule has 0 heterocycles. The molecule has 0 rings (SSSR count). The molecule has 0 aromatic rings. The first-order valence-corrected chi connectivity index (χ1v) is 1.80. The second kappa shape index (κ2) is 4.82. The van der Waals surface area contributed by atoms with Crippen molar-refractivity contribution in [3.05, 3.63) is 30.5 Å². The molecule has 0 atom stereocenters. The molecule has 0 bridgehead atoms. The first-order valence-electron chi connectivity index (χ1n) is 1.80. The van der Waals surface area contributed by atoms with E-state index in [1.165, 1.54) is 0 Å². The summed E-state index contributed by atoms with van der Waals surface area (Å²) in [5, 5.41) is 0. The molecule has 7 heavy (non-hydrogen) atoms. The Kier molecular flexibility index (Phi) is 4.01. The van der Waals surface area contributed by atoms with Crippen LogP contribution in [0.15, 0.2) is 24.5 Å². The second-order valence-electron chi connectivity index (χ2n) is 0.826. The smallest absolute Gasteiger partial charge is 0.0405 e. The van der Waals surface area contributed by atoms with E-state index in [0.29, 0.717) is 0 Å². The van der Waals surface area contributed by atoms with Crippen molar-refractivity contribution < 1.29 is 0 Å². The van der Waals surface area contributed by atoms with Gasteiger partial charge in [-0.1, -0.05) is 12.5 Å². The molecule has 0 heteroatoms. The zero-order valence-electron chi connectivity index (χ0n) is 3.94. The van der Waals surface area contributed by atoms with Crippen molar-refractivity contribution in [2.24, 2.45) is 0 Å². The number of hydrogen-bond acceptors (Lipinski definition) is 0. The van der Waals surface area contributed by atoms with E-state index in [4.69, 9.17) is 6.42 Å². The highest BCUT2D eigenvalue weighted by atomic mass is 13.5. The molecule has 0 nitrogen and oxygen atoms in total. The van der Waals surface area contributed by atoms with Gasteiger partial charge in [0.1, 0.15) is 0 Å². The summed E-state index contributed by atoms with van der Waals surface area (Å²) in [6.45, 7) is 3.31. The van der Waals surface area contributed by atoms with Crippen LogP contribution in [0.3, 0.4) is 0 Å². The van der Waals surface area contributed by atoms with Crippen molar-refractivity contribution in [1.82, 2.24) is 0 Å². The Balaban J connectivity index is 3.54. The van der Waals surface area contributed by atoms with Crippen LogP contribution in [-0.2, 0) is 0 Å². The van der Waals surface area contributed by atoms with Gasteiger partial charge in [-0.25, -0.2) is 0 Å². The Labute approximate surface area is 43.9 Å². The predicted molar refractivity (Wildman–Crippen MR) is 30.4 cm³/mol. The van der Waals surface area contributed by atoms with Gasteiger partial charge in [0.05, 0.1) is 0 Å². The molecule has 0 unspecified atom stereocenters. The van der Waals surface area contributed by atoms with Gasteiger partial charge in [0.25, 0.3) is 0 Å². The molecule has 0 aromatic carbocycles. The van der Waals surface area contributed by atoms with Crippen molar-refractivity contribution in [3.63, 3.8) is 0 Å². The minimum Gasteiger partial charge on any atom is -0.129 e. The van der Waals surface area contributed by atoms with Crippen LogP contribution in [-0.4, -0.2) is 0 Å². The zero-order valence-corrected chi connectivity index (χ0v) is 3.94. The lowest BCUT2D eigenvalue weighted by atomic mass is 10.5. The fourth-order valence-electron chi connectivity index (χ4n) is 0.149. The van der Waals surface area contributed by atoms with Gasteiger partial charge in [-0.05, 0) is 12.2 Å². The molecular weight excluding hydrogens is 84.1 g/mol. The normalized spacial score (nSPS) is 7.29. The quantitative estimate of drug-likeness (QED) is 0.258. The maximum atomic E-state index is 4.81. The molecule has 0 aliphatic heterocycles. The highest BCUT2D eigenvalue weighted by Gasteiger charge is 1.51. The van der Waals surface area contributed by atoms with Crippen LogP contribution >= 0.6 is 0 Å². The summed E-state index contributed by atoms with van der Waals surface area (Å²) in [6.07, 6.45) is 10.5. The van der Waals surface area contributed by atoms with E-state index in [0.717, 1.165) is 0 Å². The SMILES string of the molecule is C#C[C]=CC=C=C. The first-order chi connectivity index (χ1) is 3.41. The summed E-state index contributed by atoms with van der Waals surface area (Å²) in [7, 11) is 0. The average Bonchev–Trinajstić information content (AvgIpc) is 1.69. The van der Waals surface area contributed by atoms with Gasteiger partial charge in [-0.3, -0.25) is 0 Å². The third-order valence-corrected chi connectivity index (χ3v) is 0.368. The summed E-state index contributed by atoms with van der Waals surface area (Å²) >= 11 is 0. The minimum atomic E-state index is 1.58. The van der Waals surface area contributed by atoms with Crippen molar-refractivity contribution in [2.45, 2.75) is 0 Å². The van der Waals surface area contributed by atoms with E-state index >= 15 is 0 Å². The summed E-state index contributed by atoms with van der Waals surface area (Å²) in [5.74, 6) is 2.20. The van der Waals surface area contributed by atoms with Gasteiger partial charge in [0.2, 0.25) is 0 Å². The molecule has 0 aliphatic rings. The topological polar surface area (TPSA) is 0 Å². The van der Waals surface area contributed by atoms with E-state index < -0.39 is 0 Å².